The molecule has 0 bridgehead atoms. The Labute approximate surface area is 152 Å². The molecule has 4 heteroatoms. The van der Waals surface area contributed by atoms with Crippen LogP contribution in [-0.4, -0.2) is 29.9 Å². The van der Waals surface area contributed by atoms with E-state index in [1.54, 1.807) is 0 Å². The highest BCUT2D eigenvalue weighted by atomic mass is 79.9. The molecule has 1 aliphatic rings. The molecule has 126 valence electrons. The molecule has 3 rings (SSSR count). The summed E-state index contributed by atoms with van der Waals surface area (Å²) in [5.41, 5.74) is 2.38. The Hall–Kier alpha value is -1.65. The molecule has 0 spiro atoms. The van der Waals surface area contributed by atoms with Crippen LogP contribution in [0.3, 0.4) is 0 Å². The van der Waals surface area contributed by atoms with Gasteiger partial charge < -0.3 is 5.32 Å². The summed E-state index contributed by atoms with van der Waals surface area (Å²) in [6, 6.07) is 18.7. The number of nitrogens with zero attached hydrogens (tertiary/aromatic N) is 1. The number of rotatable bonds is 5. The standard InChI is InChI=1S/C20H23BrN2O/c21-18-10-8-16(9-11-18)13-20(24)22-19-7-4-12-23(15-19)14-17-5-2-1-3-6-17/h1-3,5-6,8-11,19H,4,7,12-15H2,(H,22,24). The van der Waals surface area contributed by atoms with Crippen LogP contribution >= 0.6 is 15.9 Å². The van der Waals surface area contributed by atoms with Crippen molar-refractivity contribution in [2.75, 3.05) is 13.1 Å². The van der Waals surface area contributed by atoms with E-state index in [0.717, 1.165) is 42.5 Å². The van der Waals surface area contributed by atoms with Crippen molar-refractivity contribution in [3.63, 3.8) is 0 Å². The number of piperidine rings is 1. The number of hydrogen-bond acceptors (Lipinski definition) is 2. The minimum Gasteiger partial charge on any atom is -0.352 e. The van der Waals surface area contributed by atoms with E-state index in [2.05, 4.69) is 50.4 Å². The second kappa shape index (κ2) is 8.45. The highest BCUT2D eigenvalue weighted by Gasteiger charge is 2.21. The minimum atomic E-state index is 0.115. The molecule has 1 heterocycles. The molecule has 1 fully saturated rings. The van der Waals surface area contributed by atoms with Crippen LogP contribution in [0.5, 0.6) is 0 Å². The fourth-order valence-corrected chi connectivity index (χ4v) is 3.49. The lowest BCUT2D eigenvalue weighted by Crippen LogP contribution is -2.47. The van der Waals surface area contributed by atoms with E-state index in [4.69, 9.17) is 0 Å². The van der Waals surface area contributed by atoms with E-state index in [9.17, 15) is 4.79 Å². The summed E-state index contributed by atoms with van der Waals surface area (Å²) in [5.74, 6) is 0.115. The zero-order valence-corrected chi connectivity index (χ0v) is 15.3. The number of halogens is 1. The average molecular weight is 387 g/mol. The normalized spacial score (nSPS) is 18.3. The van der Waals surface area contributed by atoms with E-state index in [-0.39, 0.29) is 11.9 Å². The second-order valence-corrected chi connectivity index (χ2v) is 7.35. The Kier molecular flexibility index (Phi) is 6.05. The molecule has 1 saturated heterocycles. The van der Waals surface area contributed by atoms with Crippen LogP contribution in [0.25, 0.3) is 0 Å². The number of benzene rings is 2. The number of carbonyl (C=O) groups is 1. The fraction of sp³-hybridized carbons (Fsp3) is 0.350. The van der Waals surface area contributed by atoms with Crippen LogP contribution in [0.4, 0.5) is 0 Å². The monoisotopic (exact) mass is 386 g/mol. The van der Waals surface area contributed by atoms with Crippen molar-refractivity contribution in [1.29, 1.82) is 0 Å². The maximum Gasteiger partial charge on any atom is 0.224 e. The maximum absolute atomic E-state index is 12.3. The molecule has 1 atom stereocenters. The van der Waals surface area contributed by atoms with Crippen molar-refractivity contribution < 1.29 is 4.79 Å². The summed E-state index contributed by atoms with van der Waals surface area (Å²) >= 11 is 3.42. The van der Waals surface area contributed by atoms with Crippen molar-refractivity contribution in [3.05, 3.63) is 70.2 Å². The van der Waals surface area contributed by atoms with Crippen molar-refractivity contribution in [1.82, 2.24) is 10.2 Å². The zero-order valence-electron chi connectivity index (χ0n) is 13.7. The molecule has 1 amide bonds. The van der Waals surface area contributed by atoms with Gasteiger partial charge in [-0.1, -0.05) is 58.4 Å². The summed E-state index contributed by atoms with van der Waals surface area (Å²) in [6.45, 7) is 2.99. The topological polar surface area (TPSA) is 32.3 Å². The first-order valence-corrected chi connectivity index (χ1v) is 9.28. The summed E-state index contributed by atoms with van der Waals surface area (Å²) in [6.07, 6.45) is 2.65. The van der Waals surface area contributed by atoms with Gasteiger partial charge in [0.05, 0.1) is 6.42 Å². The number of nitrogens with one attached hydrogen (secondary N) is 1. The molecule has 2 aromatic rings. The van der Waals surface area contributed by atoms with E-state index in [1.807, 2.05) is 30.3 Å². The summed E-state index contributed by atoms with van der Waals surface area (Å²) in [5, 5.41) is 3.21. The van der Waals surface area contributed by atoms with E-state index < -0.39 is 0 Å². The largest absolute Gasteiger partial charge is 0.352 e. The van der Waals surface area contributed by atoms with Gasteiger partial charge in [-0.05, 0) is 42.6 Å². The molecule has 1 N–H and O–H groups in total. The van der Waals surface area contributed by atoms with Crippen molar-refractivity contribution in [2.24, 2.45) is 0 Å². The zero-order chi connectivity index (χ0) is 16.8. The van der Waals surface area contributed by atoms with Crippen LogP contribution in [0.1, 0.15) is 24.0 Å². The smallest absolute Gasteiger partial charge is 0.224 e. The highest BCUT2D eigenvalue weighted by Crippen LogP contribution is 2.15. The minimum absolute atomic E-state index is 0.115. The van der Waals surface area contributed by atoms with Gasteiger partial charge >= 0.3 is 0 Å². The molecule has 0 aromatic heterocycles. The Morgan fingerprint density at radius 2 is 1.83 bits per heavy atom. The summed E-state index contributed by atoms with van der Waals surface area (Å²) in [7, 11) is 0. The third-order valence-corrected chi connectivity index (χ3v) is 4.93. The molecule has 0 radical (unpaired) electrons. The van der Waals surface area contributed by atoms with Crippen LogP contribution in [0, 0.1) is 0 Å². The lowest BCUT2D eigenvalue weighted by atomic mass is 10.0. The van der Waals surface area contributed by atoms with Gasteiger partial charge in [0.25, 0.3) is 0 Å². The predicted octanol–water partition coefficient (Wildman–Crippen LogP) is 3.77. The maximum atomic E-state index is 12.3. The molecular weight excluding hydrogens is 364 g/mol. The Morgan fingerprint density at radius 3 is 2.58 bits per heavy atom. The average Bonchev–Trinajstić information content (AvgIpc) is 2.58. The van der Waals surface area contributed by atoms with E-state index in [0.29, 0.717) is 6.42 Å². The van der Waals surface area contributed by atoms with Crippen LogP contribution < -0.4 is 5.32 Å². The number of hydrogen-bond donors (Lipinski definition) is 1. The van der Waals surface area contributed by atoms with Crippen LogP contribution in [-0.2, 0) is 17.8 Å². The van der Waals surface area contributed by atoms with Gasteiger partial charge in [0, 0.05) is 23.6 Å². The molecule has 0 saturated carbocycles. The quantitative estimate of drug-likeness (QED) is 0.847. The van der Waals surface area contributed by atoms with Crippen LogP contribution in [0.2, 0.25) is 0 Å². The van der Waals surface area contributed by atoms with Crippen molar-refractivity contribution in [3.8, 4) is 0 Å². The highest BCUT2D eigenvalue weighted by molar-refractivity contribution is 9.10. The fourth-order valence-electron chi connectivity index (χ4n) is 3.22. The van der Waals surface area contributed by atoms with Crippen molar-refractivity contribution in [2.45, 2.75) is 31.8 Å². The third kappa shape index (κ3) is 5.18. The molecule has 1 unspecified atom stereocenters. The van der Waals surface area contributed by atoms with Gasteiger partial charge in [-0.2, -0.15) is 0 Å². The van der Waals surface area contributed by atoms with Gasteiger partial charge in [0.2, 0.25) is 5.91 Å². The SMILES string of the molecule is O=C(Cc1ccc(Br)cc1)NC1CCCN(Cc2ccccc2)C1. The number of likely N-dealkylation sites (tertiary alicyclic amines) is 1. The third-order valence-electron chi connectivity index (χ3n) is 4.40. The second-order valence-electron chi connectivity index (χ2n) is 6.43. The predicted molar refractivity (Wildman–Crippen MR) is 101 cm³/mol. The summed E-state index contributed by atoms with van der Waals surface area (Å²) in [4.78, 5) is 14.7. The molecular formula is C20H23BrN2O. The summed E-state index contributed by atoms with van der Waals surface area (Å²) < 4.78 is 1.04. The van der Waals surface area contributed by atoms with Gasteiger partial charge in [0.15, 0.2) is 0 Å². The lowest BCUT2D eigenvalue weighted by molar-refractivity contribution is -0.121. The first-order chi connectivity index (χ1) is 11.7. The number of amides is 1. The van der Waals surface area contributed by atoms with Gasteiger partial charge in [-0.3, -0.25) is 9.69 Å². The first-order valence-electron chi connectivity index (χ1n) is 8.49. The van der Waals surface area contributed by atoms with Gasteiger partial charge in [-0.25, -0.2) is 0 Å². The Bertz CT molecular complexity index is 657. The van der Waals surface area contributed by atoms with E-state index in [1.165, 1.54) is 5.56 Å². The first kappa shape index (κ1) is 17.2. The molecule has 1 aliphatic heterocycles. The Balaban J connectivity index is 1.49. The van der Waals surface area contributed by atoms with Gasteiger partial charge in [0.1, 0.15) is 0 Å². The van der Waals surface area contributed by atoms with Gasteiger partial charge in [-0.15, -0.1) is 0 Å². The number of carbonyl (C=O) groups excluding carboxylic acids is 1. The van der Waals surface area contributed by atoms with E-state index >= 15 is 0 Å². The molecule has 3 nitrogen and oxygen atoms in total. The molecule has 0 aliphatic carbocycles. The Morgan fingerprint density at radius 1 is 1.08 bits per heavy atom. The lowest BCUT2D eigenvalue weighted by Gasteiger charge is -2.33. The van der Waals surface area contributed by atoms with Crippen molar-refractivity contribution >= 4 is 21.8 Å². The molecule has 2 aromatic carbocycles. The van der Waals surface area contributed by atoms with Crippen LogP contribution in [0.15, 0.2) is 59.1 Å². The molecule has 24 heavy (non-hydrogen) atoms.